The van der Waals surface area contributed by atoms with Crippen molar-refractivity contribution in [1.82, 2.24) is 14.9 Å². The minimum atomic E-state index is -0.472. The average molecular weight is 277 g/mol. The number of carbonyl (C=O) groups excluding carboxylic acids is 1. The highest BCUT2D eigenvalue weighted by molar-refractivity contribution is 5.68. The molecule has 0 saturated heterocycles. The molecule has 0 aliphatic rings. The van der Waals surface area contributed by atoms with E-state index in [1.54, 1.807) is 30.5 Å². The predicted octanol–water partition coefficient (Wildman–Crippen LogP) is 3.14. The van der Waals surface area contributed by atoms with E-state index in [9.17, 15) is 4.79 Å². The first kappa shape index (κ1) is 16.1. The van der Waals surface area contributed by atoms with Crippen molar-refractivity contribution in [2.24, 2.45) is 0 Å². The van der Waals surface area contributed by atoms with E-state index in [4.69, 9.17) is 4.74 Å². The van der Waals surface area contributed by atoms with Gasteiger partial charge in [-0.15, -0.1) is 0 Å². The summed E-state index contributed by atoms with van der Waals surface area (Å²) in [6, 6.07) is 0.0535. The molecular formula is C15H23N3O2. The van der Waals surface area contributed by atoms with Crippen LogP contribution in [0.1, 0.15) is 39.8 Å². The maximum atomic E-state index is 11.9. The van der Waals surface area contributed by atoms with E-state index in [-0.39, 0.29) is 12.1 Å². The van der Waals surface area contributed by atoms with Gasteiger partial charge in [0.2, 0.25) is 0 Å². The van der Waals surface area contributed by atoms with Crippen LogP contribution in [0.25, 0.3) is 6.08 Å². The smallest absolute Gasteiger partial charge is 0.410 e. The van der Waals surface area contributed by atoms with Gasteiger partial charge in [0.1, 0.15) is 5.60 Å². The van der Waals surface area contributed by atoms with Crippen molar-refractivity contribution < 1.29 is 9.53 Å². The second-order valence-corrected chi connectivity index (χ2v) is 5.71. The Balaban J connectivity index is 2.48. The molecule has 0 saturated carbocycles. The van der Waals surface area contributed by atoms with Gasteiger partial charge in [0.05, 0.1) is 11.9 Å². The number of hydrogen-bond donors (Lipinski definition) is 0. The van der Waals surface area contributed by atoms with Gasteiger partial charge in [-0.2, -0.15) is 0 Å². The summed E-state index contributed by atoms with van der Waals surface area (Å²) in [5, 5.41) is 0. The van der Waals surface area contributed by atoms with E-state index < -0.39 is 5.60 Å². The first-order chi connectivity index (χ1) is 9.29. The second-order valence-electron chi connectivity index (χ2n) is 5.71. The van der Waals surface area contributed by atoms with Gasteiger partial charge in [-0.25, -0.2) is 4.79 Å². The summed E-state index contributed by atoms with van der Waals surface area (Å²) in [4.78, 5) is 21.6. The number of hydrogen-bond acceptors (Lipinski definition) is 4. The molecule has 1 heterocycles. The topological polar surface area (TPSA) is 55.3 Å². The summed E-state index contributed by atoms with van der Waals surface area (Å²) in [6.45, 7) is 7.55. The van der Waals surface area contributed by atoms with Crippen LogP contribution in [0.5, 0.6) is 0 Å². The van der Waals surface area contributed by atoms with Gasteiger partial charge in [0, 0.05) is 25.5 Å². The van der Waals surface area contributed by atoms with Crippen LogP contribution in [-0.4, -0.2) is 39.7 Å². The highest BCUT2D eigenvalue weighted by atomic mass is 16.6. The molecule has 0 aliphatic carbocycles. The Morgan fingerprint density at radius 1 is 1.45 bits per heavy atom. The van der Waals surface area contributed by atoms with Gasteiger partial charge >= 0.3 is 6.09 Å². The van der Waals surface area contributed by atoms with Gasteiger partial charge < -0.3 is 9.64 Å². The molecule has 1 atom stereocenters. The lowest BCUT2D eigenvalue weighted by Gasteiger charge is -2.28. The molecule has 1 amide bonds. The highest BCUT2D eigenvalue weighted by Crippen LogP contribution is 2.12. The highest BCUT2D eigenvalue weighted by Gasteiger charge is 2.22. The Bertz CT molecular complexity index is 452. The normalized spacial score (nSPS) is 13.2. The Hall–Kier alpha value is -1.91. The molecule has 0 aliphatic heterocycles. The van der Waals surface area contributed by atoms with Crippen LogP contribution >= 0.6 is 0 Å². The SMILES string of the molecule is CC(CC=Cc1cnccn1)N(C)C(=O)OC(C)(C)C. The third kappa shape index (κ3) is 5.82. The van der Waals surface area contributed by atoms with Gasteiger partial charge in [-0.1, -0.05) is 6.08 Å². The van der Waals surface area contributed by atoms with Crippen molar-refractivity contribution in [2.75, 3.05) is 7.05 Å². The lowest BCUT2D eigenvalue weighted by Crippen LogP contribution is -2.39. The summed E-state index contributed by atoms with van der Waals surface area (Å²) in [5.74, 6) is 0. The maximum absolute atomic E-state index is 11.9. The zero-order valence-electron chi connectivity index (χ0n) is 12.8. The fraction of sp³-hybridized carbons (Fsp3) is 0.533. The van der Waals surface area contributed by atoms with Crippen molar-refractivity contribution in [3.8, 4) is 0 Å². The Labute approximate surface area is 120 Å². The third-order valence-electron chi connectivity index (χ3n) is 2.69. The molecule has 5 heteroatoms. The zero-order valence-corrected chi connectivity index (χ0v) is 12.8. The number of nitrogens with zero attached hydrogens (tertiary/aromatic N) is 3. The van der Waals surface area contributed by atoms with Crippen molar-refractivity contribution in [3.05, 3.63) is 30.4 Å². The molecule has 1 aromatic heterocycles. The van der Waals surface area contributed by atoms with E-state index in [1.807, 2.05) is 39.8 Å². The van der Waals surface area contributed by atoms with E-state index in [2.05, 4.69) is 9.97 Å². The number of ether oxygens (including phenoxy) is 1. The fourth-order valence-electron chi connectivity index (χ4n) is 1.45. The number of amides is 1. The lowest BCUT2D eigenvalue weighted by molar-refractivity contribution is 0.0238. The number of rotatable bonds is 4. The van der Waals surface area contributed by atoms with Crippen LogP contribution in [-0.2, 0) is 4.74 Å². The molecule has 110 valence electrons. The van der Waals surface area contributed by atoms with Crippen LogP contribution in [0.4, 0.5) is 4.79 Å². The van der Waals surface area contributed by atoms with Crippen molar-refractivity contribution in [1.29, 1.82) is 0 Å². The van der Waals surface area contributed by atoms with Gasteiger partial charge in [0.15, 0.2) is 0 Å². The largest absolute Gasteiger partial charge is 0.444 e. The average Bonchev–Trinajstić information content (AvgIpc) is 2.37. The predicted molar refractivity (Wildman–Crippen MR) is 79.1 cm³/mol. The standard InChI is InChI=1S/C15H23N3O2/c1-12(18(5)14(19)20-15(2,3)4)7-6-8-13-11-16-9-10-17-13/h6,8-12H,7H2,1-5H3. The maximum Gasteiger partial charge on any atom is 0.410 e. The Morgan fingerprint density at radius 2 is 2.15 bits per heavy atom. The van der Waals surface area contributed by atoms with Crippen LogP contribution < -0.4 is 0 Å². The van der Waals surface area contributed by atoms with Gasteiger partial charge in [-0.3, -0.25) is 9.97 Å². The Kier molecular flexibility index (Phi) is 5.67. The molecule has 20 heavy (non-hydrogen) atoms. The molecule has 1 aromatic rings. The van der Waals surface area contributed by atoms with Gasteiger partial charge in [0.25, 0.3) is 0 Å². The van der Waals surface area contributed by atoms with Crippen molar-refractivity contribution in [3.63, 3.8) is 0 Å². The summed E-state index contributed by atoms with van der Waals surface area (Å²) in [6.07, 6.45) is 9.28. The monoisotopic (exact) mass is 277 g/mol. The minimum absolute atomic E-state index is 0.0535. The molecule has 0 fully saturated rings. The third-order valence-corrected chi connectivity index (χ3v) is 2.69. The number of aromatic nitrogens is 2. The first-order valence-electron chi connectivity index (χ1n) is 6.68. The quantitative estimate of drug-likeness (QED) is 0.848. The first-order valence-corrected chi connectivity index (χ1v) is 6.68. The van der Waals surface area contributed by atoms with Crippen LogP contribution in [0.15, 0.2) is 24.7 Å². The fourth-order valence-corrected chi connectivity index (χ4v) is 1.45. The minimum Gasteiger partial charge on any atom is -0.444 e. The number of carbonyl (C=O) groups is 1. The molecule has 0 bridgehead atoms. The molecule has 0 spiro atoms. The van der Waals surface area contributed by atoms with Crippen LogP contribution in [0.3, 0.4) is 0 Å². The second kappa shape index (κ2) is 7.03. The summed E-state index contributed by atoms with van der Waals surface area (Å²) < 4.78 is 5.33. The molecule has 5 nitrogen and oxygen atoms in total. The Morgan fingerprint density at radius 3 is 2.70 bits per heavy atom. The van der Waals surface area contributed by atoms with Gasteiger partial charge in [-0.05, 0) is 40.2 Å². The molecule has 0 aromatic carbocycles. The molecule has 1 unspecified atom stereocenters. The molecular weight excluding hydrogens is 254 g/mol. The zero-order chi connectivity index (χ0) is 15.2. The van der Waals surface area contributed by atoms with Crippen LogP contribution in [0, 0.1) is 0 Å². The van der Waals surface area contributed by atoms with E-state index >= 15 is 0 Å². The molecule has 1 rings (SSSR count). The van der Waals surface area contributed by atoms with E-state index in [0.29, 0.717) is 0 Å². The molecule has 0 radical (unpaired) electrons. The lowest BCUT2D eigenvalue weighted by atomic mass is 10.2. The molecule has 0 N–H and O–H groups in total. The van der Waals surface area contributed by atoms with E-state index in [1.165, 1.54) is 0 Å². The summed E-state index contributed by atoms with van der Waals surface area (Å²) in [7, 11) is 1.74. The summed E-state index contributed by atoms with van der Waals surface area (Å²) in [5.41, 5.74) is 0.334. The van der Waals surface area contributed by atoms with Crippen LogP contribution in [0.2, 0.25) is 0 Å². The van der Waals surface area contributed by atoms with Crippen molar-refractivity contribution in [2.45, 2.75) is 45.8 Å². The van der Waals surface area contributed by atoms with E-state index in [0.717, 1.165) is 12.1 Å². The summed E-state index contributed by atoms with van der Waals surface area (Å²) >= 11 is 0. The van der Waals surface area contributed by atoms with Crippen molar-refractivity contribution >= 4 is 12.2 Å².